The molecule has 0 saturated heterocycles. The van der Waals surface area contributed by atoms with Crippen LogP contribution in [0.1, 0.15) is 35.6 Å². The number of thiophene rings is 1. The number of hydrogen-bond acceptors (Lipinski definition) is 5. The van der Waals surface area contributed by atoms with Crippen LogP contribution in [0.15, 0.2) is 17.5 Å². The van der Waals surface area contributed by atoms with Crippen LogP contribution in [0.5, 0.6) is 0 Å². The normalized spacial score (nSPS) is 19.9. The van der Waals surface area contributed by atoms with E-state index in [0.29, 0.717) is 19.4 Å². The number of rotatable bonds is 6. The van der Waals surface area contributed by atoms with Gasteiger partial charge in [-0.25, -0.2) is 9.78 Å². The maximum atomic E-state index is 12.0. The number of nitrogens with zero attached hydrogens (tertiary/aromatic N) is 1. The van der Waals surface area contributed by atoms with Crippen LogP contribution in [-0.2, 0) is 11.2 Å². The van der Waals surface area contributed by atoms with Crippen LogP contribution in [0.3, 0.4) is 0 Å². The van der Waals surface area contributed by atoms with Gasteiger partial charge in [-0.05, 0) is 51.2 Å². The first-order valence-electron chi connectivity index (χ1n) is 8.79. The number of amides is 2. The molecule has 0 atom stereocenters. The monoisotopic (exact) mass is 393 g/mol. The Balaban J connectivity index is 1.38. The summed E-state index contributed by atoms with van der Waals surface area (Å²) in [4.78, 5) is 29.8. The molecule has 0 unspecified atom stereocenters. The van der Waals surface area contributed by atoms with Crippen molar-refractivity contribution in [3.63, 3.8) is 0 Å². The number of hydrogen-bond donors (Lipinski definition) is 3. The van der Waals surface area contributed by atoms with Gasteiger partial charge in [0.25, 0.3) is 0 Å². The molecule has 2 aromatic heterocycles. The average molecular weight is 394 g/mol. The topological polar surface area (TPSA) is 91.3 Å². The molecule has 8 heteroatoms. The fourth-order valence-electron chi connectivity index (χ4n) is 3.15. The fraction of sp³-hybridized carbons (Fsp3) is 0.500. The Morgan fingerprint density at radius 2 is 2.04 bits per heavy atom. The Bertz CT molecular complexity index is 763. The van der Waals surface area contributed by atoms with Crippen LogP contribution in [0.4, 0.5) is 4.79 Å². The van der Waals surface area contributed by atoms with Crippen molar-refractivity contribution in [3.8, 4) is 10.6 Å². The Morgan fingerprint density at radius 3 is 2.69 bits per heavy atom. The zero-order valence-corrected chi connectivity index (χ0v) is 16.3. The van der Waals surface area contributed by atoms with Crippen molar-refractivity contribution < 1.29 is 14.7 Å². The summed E-state index contributed by atoms with van der Waals surface area (Å²) in [6.07, 6.45) is 3.51. The predicted octanol–water partition coefficient (Wildman–Crippen LogP) is 3.67. The number of urea groups is 1. The molecular weight excluding hydrogens is 370 g/mol. The van der Waals surface area contributed by atoms with E-state index in [1.165, 1.54) is 4.88 Å². The number of nitrogens with one attached hydrogen (secondary N) is 2. The lowest BCUT2D eigenvalue weighted by atomic mass is 9.86. The van der Waals surface area contributed by atoms with E-state index in [2.05, 4.69) is 33.1 Å². The molecule has 0 aromatic carbocycles. The number of aliphatic carboxylic acids is 1. The predicted molar refractivity (Wildman–Crippen MR) is 104 cm³/mol. The highest BCUT2D eigenvalue weighted by molar-refractivity contribution is 7.16. The van der Waals surface area contributed by atoms with Crippen molar-refractivity contribution in [1.82, 2.24) is 15.6 Å². The van der Waals surface area contributed by atoms with Gasteiger partial charge < -0.3 is 15.7 Å². The summed E-state index contributed by atoms with van der Waals surface area (Å²) in [5, 5.41) is 18.0. The lowest BCUT2D eigenvalue weighted by Crippen LogP contribution is -2.44. The number of carbonyl (C=O) groups excluding carboxylic acids is 1. The maximum absolute atomic E-state index is 12.0. The first-order valence-corrected chi connectivity index (χ1v) is 10.5. The van der Waals surface area contributed by atoms with Gasteiger partial charge in [-0.15, -0.1) is 22.7 Å². The highest BCUT2D eigenvalue weighted by Gasteiger charge is 2.26. The van der Waals surface area contributed by atoms with Crippen LogP contribution in [-0.4, -0.2) is 34.7 Å². The average Bonchev–Trinajstić information content (AvgIpc) is 3.24. The van der Waals surface area contributed by atoms with Gasteiger partial charge in [0, 0.05) is 22.8 Å². The number of thiazole rings is 1. The molecule has 26 heavy (non-hydrogen) atoms. The molecule has 0 spiro atoms. The van der Waals surface area contributed by atoms with E-state index in [0.717, 1.165) is 34.8 Å². The summed E-state index contributed by atoms with van der Waals surface area (Å²) >= 11 is 3.35. The second-order valence-electron chi connectivity index (χ2n) is 6.55. The van der Waals surface area contributed by atoms with Crippen molar-refractivity contribution >= 4 is 34.7 Å². The van der Waals surface area contributed by atoms with Crippen molar-refractivity contribution in [3.05, 3.63) is 27.4 Å². The highest BCUT2D eigenvalue weighted by Crippen LogP contribution is 2.29. The van der Waals surface area contributed by atoms with Crippen molar-refractivity contribution in [2.24, 2.45) is 5.92 Å². The molecule has 0 bridgehead atoms. The Morgan fingerprint density at radius 1 is 1.27 bits per heavy atom. The third kappa shape index (κ3) is 5.04. The first-order chi connectivity index (χ1) is 12.5. The van der Waals surface area contributed by atoms with E-state index in [1.54, 1.807) is 22.7 Å². The summed E-state index contributed by atoms with van der Waals surface area (Å²) in [5.74, 6) is -0.985. The Labute approximate surface area is 160 Å². The molecule has 3 rings (SSSR count). The molecule has 2 aromatic rings. The summed E-state index contributed by atoms with van der Waals surface area (Å²) in [7, 11) is 0. The maximum Gasteiger partial charge on any atom is 0.315 e. The van der Waals surface area contributed by atoms with Crippen LogP contribution in [0, 0.1) is 12.8 Å². The fourth-order valence-corrected chi connectivity index (χ4v) is 4.80. The Hall–Kier alpha value is -1.93. The minimum absolute atomic E-state index is 0.0758. The number of carboxylic acid groups (broad SMARTS) is 1. The van der Waals surface area contributed by atoms with Crippen LogP contribution < -0.4 is 10.6 Å². The van der Waals surface area contributed by atoms with Gasteiger partial charge in [-0.1, -0.05) is 0 Å². The molecule has 3 N–H and O–H groups in total. The van der Waals surface area contributed by atoms with Crippen LogP contribution >= 0.6 is 22.7 Å². The van der Waals surface area contributed by atoms with E-state index < -0.39 is 5.97 Å². The van der Waals surface area contributed by atoms with Gasteiger partial charge in [0.2, 0.25) is 0 Å². The molecule has 2 amide bonds. The summed E-state index contributed by atoms with van der Waals surface area (Å²) < 4.78 is 0. The largest absolute Gasteiger partial charge is 0.481 e. The second kappa shape index (κ2) is 8.64. The quantitative estimate of drug-likeness (QED) is 0.698. The van der Waals surface area contributed by atoms with Gasteiger partial charge in [-0.2, -0.15) is 0 Å². The highest BCUT2D eigenvalue weighted by atomic mass is 32.1. The molecular formula is C18H23N3O3S2. The number of aryl methyl sites for hydroxylation is 1. The van der Waals surface area contributed by atoms with E-state index in [-0.39, 0.29) is 18.0 Å². The second-order valence-corrected chi connectivity index (χ2v) is 8.79. The molecule has 1 saturated carbocycles. The van der Waals surface area contributed by atoms with Crippen molar-refractivity contribution in [2.45, 2.75) is 45.1 Å². The third-order valence-electron chi connectivity index (χ3n) is 4.60. The van der Waals surface area contributed by atoms with E-state index in [1.807, 2.05) is 6.92 Å². The van der Waals surface area contributed by atoms with Gasteiger partial charge in [-0.3, -0.25) is 4.79 Å². The number of carbonyl (C=O) groups is 2. The van der Waals surface area contributed by atoms with Crippen LogP contribution in [0.25, 0.3) is 10.6 Å². The van der Waals surface area contributed by atoms with Gasteiger partial charge in [0.05, 0.1) is 21.5 Å². The standard InChI is InChI=1S/C18H23N3O3S2/c1-11-20-15(10-25-11)16-7-6-14(26-16)8-9-19-18(24)21-13-4-2-12(3-5-13)17(22)23/h6-7,10,12-13H,2-5,8-9H2,1H3,(H,22,23)(H2,19,21,24). The molecule has 1 fully saturated rings. The first kappa shape index (κ1) is 18.8. The Kier molecular flexibility index (Phi) is 6.26. The van der Waals surface area contributed by atoms with Crippen LogP contribution in [0.2, 0.25) is 0 Å². The van der Waals surface area contributed by atoms with E-state index >= 15 is 0 Å². The zero-order chi connectivity index (χ0) is 18.5. The van der Waals surface area contributed by atoms with Gasteiger partial charge in [0.1, 0.15) is 0 Å². The lowest BCUT2D eigenvalue weighted by molar-refractivity contribution is -0.142. The summed E-state index contributed by atoms with van der Waals surface area (Å²) in [5.41, 5.74) is 1.02. The summed E-state index contributed by atoms with van der Waals surface area (Å²) in [6.45, 7) is 2.58. The van der Waals surface area contributed by atoms with E-state index in [9.17, 15) is 9.59 Å². The van der Waals surface area contributed by atoms with E-state index in [4.69, 9.17) is 5.11 Å². The molecule has 0 aliphatic heterocycles. The zero-order valence-electron chi connectivity index (χ0n) is 14.7. The molecule has 0 radical (unpaired) electrons. The molecule has 2 heterocycles. The third-order valence-corrected chi connectivity index (χ3v) is 6.54. The van der Waals surface area contributed by atoms with Gasteiger partial charge >= 0.3 is 12.0 Å². The SMILES string of the molecule is Cc1nc(-c2ccc(CCNC(=O)NC3CCC(C(=O)O)CC3)s2)cs1. The molecule has 140 valence electrons. The molecule has 6 nitrogen and oxygen atoms in total. The smallest absolute Gasteiger partial charge is 0.315 e. The molecule has 1 aliphatic rings. The lowest BCUT2D eigenvalue weighted by Gasteiger charge is -2.26. The minimum atomic E-state index is -0.726. The van der Waals surface area contributed by atoms with Crippen molar-refractivity contribution in [2.75, 3.05) is 6.54 Å². The number of aromatic nitrogens is 1. The number of carboxylic acids is 1. The summed E-state index contributed by atoms with van der Waals surface area (Å²) in [6, 6.07) is 4.07. The van der Waals surface area contributed by atoms with Gasteiger partial charge in [0.15, 0.2) is 0 Å². The van der Waals surface area contributed by atoms with Crippen molar-refractivity contribution in [1.29, 1.82) is 0 Å². The molecule has 1 aliphatic carbocycles. The minimum Gasteiger partial charge on any atom is -0.481 e.